The van der Waals surface area contributed by atoms with E-state index in [1.165, 1.54) is 12.4 Å². The molecule has 2 aromatic carbocycles. The van der Waals surface area contributed by atoms with Gasteiger partial charge in [-0.1, -0.05) is 60.1 Å². The van der Waals surface area contributed by atoms with E-state index in [2.05, 4.69) is 15.3 Å². The van der Waals surface area contributed by atoms with Gasteiger partial charge in [-0.25, -0.2) is 4.98 Å². The normalized spacial score (nSPS) is 11.6. The van der Waals surface area contributed by atoms with Gasteiger partial charge in [0.1, 0.15) is 0 Å². The van der Waals surface area contributed by atoms with Crippen LogP contribution in [0.15, 0.2) is 67.0 Å². The standard InChI is InChI=1S/C21H18ClN3O3/c22-17-9-5-4-8-16(17)18-12-24-19(13-23-18)25-21(28)15(11-20(26)27)10-14-6-2-1-3-7-14/h1-9,12-13,15H,10-11H2,(H,26,27)(H,24,25,28). The molecule has 0 aliphatic heterocycles. The van der Waals surface area contributed by atoms with E-state index in [0.29, 0.717) is 17.1 Å². The first-order valence-electron chi connectivity index (χ1n) is 8.66. The number of nitrogens with zero attached hydrogens (tertiary/aromatic N) is 2. The second-order valence-electron chi connectivity index (χ2n) is 6.24. The number of benzene rings is 2. The van der Waals surface area contributed by atoms with Gasteiger partial charge < -0.3 is 10.4 Å². The van der Waals surface area contributed by atoms with Crippen LogP contribution in [-0.4, -0.2) is 27.0 Å². The van der Waals surface area contributed by atoms with E-state index in [9.17, 15) is 9.59 Å². The molecule has 3 aromatic rings. The molecule has 1 heterocycles. The monoisotopic (exact) mass is 395 g/mol. The van der Waals surface area contributed by atoms with Crippen molar-refractivity contribution >= 4 is 29.3 Å². The highest BCUT2D eigenvalue weighted by atomic mass is 35.5. The van der Waals surface area contributed by atoms with Crippen LogP contribution in [0.25, 0.3) is 11.3 Å². The largest absolute Gasteiger partial charge is 0.481 e. The van der Waals surface area contributed by atoms with Crippen molar-refractivity contribution < 1.29 is 14.7 Å². The summed E-state index contributed by atoms with van der Waals surface area (Å²) in [6.45, 7) is 0. The number of carbonyl (C=O) groups is 2. The summed E-state index contributed by atoms with van der Waals surface area (Å²) in [5.74, 6) is -1.91. The zero-order chi connectivity index (χ0) is 19.9. The number of halogens is 1. The minimum Gasteiger partial charge on any atom is -0.481 e. The second-order valence-corrected chi connectivity index (χ2v) is 6.65. The summed E-state index contributed by atoms with van der Waals surface area (Å²) >= 11 is 6.16. The highest BCUT2D eigenvalue weighted by Gasteiger charge is 2.22. The van der Waals surface area contributed by atoms with E-state index in [-0.39, 0.29) is 12.2 Å². The Morgan fingerprint density at radius 1 is 1.00 bits per heavy atom. The summed E-state index contributed by atoms with van der Waals surface area (Å²) in [5, 5.41) is 12.4. The number of hydrogen-bond donors (Lipinski definition) is 2. The Kier molecular flexibility index (Phi) is 6.34. The van der Waals surface area contributed by atoms with Gasteiger partial charge in [0.25, 0.3) is 0 Å². The highest BCUT2D eigenvalue weighted by molar-refractivity contribution is 6.33. The van der Waals surface area contributed by atoms with Crippen molar-refractivity contribution in [3.63, 3.8) is 0 Å². The molecule has 0 radical (unpaired) electrons. The van der Waals surface area contributed by atoms with Gasteiger partial charge in [0.2, 0.25) is 5.91 Å². The molecule has 1 amide bonds. The molecule has 1 atom stereocenters. The first-order chi connectivity index (χ1) is 13.5. The Balaban J connectivity index is 1.72. The molecule has 0 aliphatic carbocycles. The molecule has 1 unspecified atom stereocenters. The van der Waals surface area contributed by atoms with Crippen LogP contribution >= 0.6 is 11.6 Å². The molecule has 0 aliphatic rings. The number of carboxylic acid groups (broad SMARTS) is 1. The molecule has 3 rings (SSSR count). The van der Waals surface area contributed by atoms with Gasteiger partial charge in [0.15, 0.2) is 5.82 Å². The first-order valence-corrected chi connectivity index (χ1v) is 9.04. The van der Waals surface area contributed by atoms with Gasteiger partial charge in [-0.2, -0.15) is 0 Å². The van der Waals surface area contributed by atoms with Gasteiger partial charge in [0, 0.05) is 5.56 Å². The first kappa shape index (κ1) is 19.5. The van der Waals surface area contributed by atoms with Crippen molar-refractivity contribution in [3.8, 4) is 11.3 Å². The Morgan fingerprint density at radius 3 is 2.36 bits per heavy atom. The Hall–Kier alpha value is -3.25. The third-order valence-corrected chi connectivity index (χ3v) is 4.50. The third-order valence-electron chi connectivity index (χ3n) is 4.17. The van der Waals surface area contributed by atoms with Crippen LogP contribution in [0.5, 0.6) is 0 Å². The van der Waals surface area contributed by atoms with Crippen LogP contribution in [-0.2, 0) is 16.0 Å². The van der Waals surface area contributed by atoms with Crippen LogP contribution in [0.2, 0.25) is 5.02 Å². The predicted octanol–water partition coefficient (Wildman–Crippen LogP) is 4.07. The topological polar surface area (TPSA) is 92.2 Å². The molecule has 0 spiro atoms. The number of aromatic nitrogens is 2. The van der Waals surface area contributed by atoms with E-state index in [1.54, 1.807) is 6.07 Å². The summed E-state index contributed by atoms with van der Waals surface area (Å²) in [6.07, 6.45) is 2.99. The zero-order valence-electron chi connectivity index (χ0n) is 14.9. The molecule has 28 heavy (non-hydrogen) atoms. The van der Waals surface area contributed by atoms with Gasteiger partial charge in [0.05, 0.1) is 35.4 Å². The number of rotatable bonds is 7. The average molecular weight is 396 g/mol. The molecule has 1 aromatic heterocycles. The molecular weight excluding hydrogens is 378 g/mol. The predicted molar refractivity (Wildman–Crippen MR) is 107 cm³/mol. The highest BCUT2D eigenvalue weighted by Crippen LogP contribution is 2.25. The lowest BCUT2D eigenvalue weighted by atomic mass is 9.95. The fourth-order valence-electron chi connectivity index (χ4n) is 2.80. The molecule has 0 bridgehead atoms. The van der Waals surface area contributed by atoms with Gasteiger partial charge in [-0.15, -0.1) is 0 Å². The Bertz CT molecular complexity index is 962. The number of aliphatic carboxylic acids is 1. The van der Waals surface area contributed by atoms with E-state index < -0.39 is 17.8 Å². The van der Waals surface area contributed by atoms with Crippen LogP contribution < -0.4 is 5.32 Å². The molecule has 0 fully saturated rings. The van der Waals surface area contributed by atoms with Gasteiger partial charge in [-0.05, 0) is 18.1 Å². The fraction of sp³-hybridized carbons (Fsp3) is 0.143. The lowest BCUT2D eigenvalue weighted by Gasteiger charge is -2.15. The zero-order valence-corrected chi connectivity index (χ0v) is 15.6. The maximum absolute atomic E-state index is 12.6. The summed E-state index contributed by atoms with van der Waals surface area (Å²) in [5.41, 5.74) is 2.21. The van der Waals surface area contributed by atoms with Crippen molar-refractivity contribution in [2.24, 2.45) is 5.92 Å². The van der Waals surface area contributed by atoms with Crippen molar-refractivity contribution in [1.82, 2.24) is 9.97 Å². The van der Waals surface area contributed by atoms with Gasteiger partial charge >= 0.3 is 5.97 Å². The van der Waals surface area contributed by atoms with E-state index in [1.807, 2.05) is 48.5 Å². The van der Waals surface area contributed by atoms with E-state index >= 15 is 0 Å². The van der Waals surface area contributed by atoms with Crippen LogP contribution in [0.4, 0.5) is 5.82 Å². The second kappa shape index (κ2) is 9.10. The summed E-state index contributed by atoms with van der Waals surface area (Å²) < 4.78 is 0. The third kappa shape index (κ3) is 5.14. The van der Waals surface area contributed by atoms with Crippen molar-refractivity contribution in [3.05, 3.63) is 77.6 Å². The fourth-order valence-corrected chi connectivity index (χ4v) is 3.03. The van der Waals surface area contributed by atoms with Crippen LogP contribution in [0, 0.1) is 5.92 Å². The van der Waals surface area contributed by atoms with Gasteiger partial charge in [-0.3, -0.25) is 14.6 Å². The summed E-state index contributed by atoms with van der Waals surface area (Å²) in [4.78, 5) is 32.3. The SMILES string of the molecule is O=C(O)CC(Cc1ccccc1)C(=O)Nc1cnc(-c2ccccc2Cl)cn1. The summed E-state index contributed by atoms with van der Waals surface area (Å²) in [6, 6.07) is 16.5. The molecule has 7 heteroatoms. The number of anilines is 1. The minimum absolute atomic E-state index is 0.254. The molecule has 2 N–H and O–H groups in total. The Labute approximate surface area is 167 Å². The average Bonchev–Trinajstić information content (AvgIpc) is 2.69. The van der Waals surface area contributed by atoms with Crippen LogP contribution in [0.3, 0.4) is 0 Å². The maximum atomic E-state index is 12.6. The molecule has 0 saturated heterocycles. The van der Waals surface area contributed by atoms with Crippen LogP contribution in [0.1, 0.15) is 12.0 Å². The van der Waals surface area contributed by atoms with Crippen molar-refractivity contribution in [1.29, 1.82) is 0 Å². The molecule has 142 valence electrons. The van der Waals surface area contributed by atoms with E-state index in [4.69, 9.17) is 16.7 Å². The smallest absolute Gasteiger partial charge is 0.304 e. The molecule has 0 saturated carbocycles. The lowest BCUT2D eigenvalue weighted by Crippen LogP contribution is -2.27. The Morgan fingerprint density at radius 2 is 1.71 bits per heavy atom. The summed E-state index contributed by atoms with van der Waals surface area (Å²) in [7, 11) is 0. The number of hydrogen-bond acceptors (Lipinski definition) is 4. The number of carboxylic acids is 1. The minimum atomic E-state index is -1.03. The van der Waals surface area contributed by atoms with Crippen molar-refractivity contribution in [2.45, 2.75) is 12.8 Å². The maximum Gasteiger partial charge on any atom is 0.304 e. The van der Waals surface area contributed by atoms with E-state index in [0.717, 1.165) is 11.1 Å². The van der Waals surface area contributed by atoms with Crippen molar-refractivity contribution in [2.75, 3.05) is 5.32 Å². The number of amides is 1. The molecule has 6 nitrogen and oxygen atoms in total. The molecular formula is C21H18ClN3O3. The number of nitrogens with one attached hydrogen (secondary N) is 1. The number of carbonyl (C=O) groups excluding carboxylic acids is 1. The lowest BCUT2D eigenvalue weighted by molar-refractivity contribution is -0.140. The quantitative estimate of drug-likeness (QED) is 0.629.